The number of anilines is 2. The van der Waals surface area contributed by atoms with Gasteiger partial charge >= 0.3 is 12.2 Å². The molecule has 3 amide bonds. The summed E-state index contributed by atoms with van der Waals surface area (Å²) >= 11 is 0. The van der Waals surface area contributed by atoms with Crippen molar-refractivity contribution in [2.24, 2.45) is 0 Å². The Morgan fingerprint density at radius 3 is 2.38 bits per heavy atom. The van der Waals surface area contributed by atoms with E-state index in [2.05, 4.69) is 10.2 Å². The predicted octanol–water partition coefficient (Wildman–Crippen LogP) is 3.24. The molecular formula is C32H42FN5O7. The maximum absolute atomic E-state index is 15.2. The summed E-state index contributed by atoms with van der Waals surface area (Å²) in [5, 5.41) is 2.59. The molecule has 3 saturated heterocycles. The Hall–Kier alpha value is -4.10. The van der Waals surface area contributed by atoms with Crippen molar-refractivity contribution in [3.05, 3.63) is 53.8 Å². The molecule has 3 fully saturated rings. The van der Waals surface area contributed by atoms with E-state index in [1.165, 1.54) is 16.5 Å². The molecule has 2 aromatic rings. The smallest absolute Gasteiger partial charge is 0.414 e. The maximum Gasteiger partial charge on any atom is 0.414 e. The molecule has 12 nitrogen and oxygen atoms in total. The van der Waals surface area contributed by atoms with Gasteiger partial charge in [0.2, 0.25) is 0 Å². The topological polar surface area (TPSA) is 113 Å². The largest absolute Gasteiger partial charge is 0.484 e. The number of piperazine rings is 1. The zero-order valence-corrected chi connectivity index (χ0v) is 26.1. The Labute approximate surface area is 262 Å². The third-order valence-electron chi connectivity index (χ3n) is 7.76. The van der Waals surface area contributed by atoms with Crippen molar-refractivity contribution in [3.63, 3.8) is 0 Å². The molecule has 0 radical (unpaired) electrons. The molecule has 1 atom stereocenters. The Balaban J connectivity index is 1.06. The van der Waals surface area contributed by atoms with E-state index in [-0.39, 0.29) is 25.6 Å². The summed E-state index contributed by atoms with van der Waals surface area (Å²) in [5.74, 6) is 0.0457. The van der Waals surface area contributed by atoms with Crippen molar-refractivity contribution in [1.82, 2.24) is 15.1 Å². The van der Waals surface area contributed by atoms with Gasteiger partial charge in [-0.2, -0.15) is 0 Å². The first-order valence-corrected chi connectivity index (χ1v) is 15.3. The van der Waals surface area contributed by atoms with Crippen LogP contribution in [-0.4, -0.2) is 112 Å². The monoisotopic (exact) mass is 627 g/mol. The van der Waals surface area contributed by atoms with Gasteiger partial charge in [-0.3, -0.25) is 14.6 Å². The summed E-state index contributed by atoms with van der Waals surface area (Å²) in [5.41, 5.74) is 1.30. The van der Waals surface area contributed by atoms with Gasteiger partial charge in [0, 0.05) is 45.8 Å². The summed E-state index contributed by atoms with van der Waals surface area (Å²) < 4.78 is 36.9. The molecule has 3 aliphatic rings. The molecular weight excluding hydrogens is 585 g/mol. The molecule has 0 spiro atoms. The molecule has 0 bridgehead atoms. The zero-order valence-electron chi connectivity index (χ0n) is 26.1. The average molecular weight is 628 g/mol. The molecule has 2 aromatic carbocycles. The minimum Gasteiger partial charge on any atom is -0.484 e. The van der Waals surface area contributed by atoms with Gasteiger partial charge in [-0.25, -0.2) is 14.0 Å². The number of rotatable bonds is 9. The van der Waals surface area contributed by atoms with Crippen LogP contribution in [0.1, 0.15) is 26.3 Å². The second-order valence-corrected chi connectivity index (χ2v) is 12.3. The van der Waals surface area contributed by atoms with E-state index in [0.717, 1.165) is 32.8 Å². The highest BCUT2D eigenvalue weighted by Crippen LogP contribution is 2.28. The van der Waals surface area contributed by atoms with Crippen molar-refractivity contribution in [3.8, 4) is 5.75 Å². The number of cyclic esters (lactones) is 1. The van der Waals surface area contributed by atoms with Gasteiger partial charge in [0.05, 0.1) is 37.7 Å². The lowest BCUT2D eigenvalue weighted by molar-refractivity contribution is -0.133. The van der Waals surface area contributed by atoms with Crippen molar-refractivity contribution < 1.29 is 37.7 Å². The number of benzene rings is 2. The molecule has 244 valence electrons. The third kappa shape index (κ3) is 8.98. The predicted molar refractivity (Wildman–Crippen MR) is 165 cm³/mol. The van der Waals surface area contributed by atoms with E-state index in [0.29, 0.717) is 43.3 Å². The molecule has 0 aliphatic carbocycles. The number of alkyl carbamates (subject to hydrolysis) is 1. The number of nitrogens with one attached hydrogen (secondary N) is 1. The van der Waals surface area contributed by atoms with Gasteiger partial charge in [0.15, 0.2) is 6.61 Å². The molecule has 0 saturated carbocycles. The molecule has 5 rings (SSSR count). The van der Waals surface area contributed by atoms with Gasteiger partial charge in [0.25, 0.3) is 5.91 Å². The van der Waals surface area contributed by atoms with Crippen LogP contribution in [0, 0.1) is 5.82 Å². The molecule has 3 heterocycles. The summed E-state index contributed by atoms with van der Waals surface area (Å²) in [6, 6.07) is 12.4. The van der Waals surface area contributed by atoms with Gasteiger partial charge < -0.3 is 34.1 Å². The number of amides is 3. The van der Waals surface area contributed by atoms with Crippen LogP contribution in [0.15, 0.2) is 42.5 Å². The maximum atomic E-state index is 15.2. The zero-order chi connectivity index (χ0) is 32.0. The van der Waals surface area contributed by atoms with E-state index in [1.807, 2.05) is 29.2 Å². The number of carbonyl (C=O) groups excluding carboxylic acids is 3. The lowest BCUT2D eigenvalue weighted by Crippen LogP contribution is -2.50. The Morgan fingerprint density at radius 2 is 1.71 bits per heavy atom. The minimum atomic E-state index is -0.643. The molecule has 1 N–H and O–H groups in total. The second kappa shape index (κ2) is 14.3. The molecule has 0 unspecified atom stereocenters. The highest BCUT2D eigenvalue weighted by atomic mass is 19.1. The van der Waals surface area contributed by atoms with Gasteiger partial charge in [0.1, 0.15) is 23.3 Å². The number of nitrogens with zero attached hydrogens (tertiary/aromatic N) is 4. The van der Waals surface area contributed by atoms with Gasteiger partial charge in [-0.15, -0.1) is 0 Å². The normalized spacial score (nSPS) is 19.3. The molecule has 45 heavy (non-hydrogen) atoms. The fraction of sp³-hybridized carbons (Fsp3) is 0.531. The first-order chi connectivity index (χ1) is 21.5. The van der Waals surface area contributed by atoms with E-state index in [9.17, 15) is 14.4 Å². The van der Waals surface area contributed by atoms with E-state index < -0.39 is 29.7 Å². The molecule has 13 heteroatoms. The van der Waals surface area contributed by atoms with Crippen LogP contribution < -0.4 is 19.9 Å². The highest BCUT2D eigenvalue weighted by Gasteiger charge is 2.34. The van der Waals surface area contributed by atoms with E-state index in [4.69, 9.17) is 18.9 Å². The van der Waals surface area contributed by atoms with Crippen molar-refractivity contribution in [1.29, 1.82) is 0 Å². The first kappa shape index (κ1) is 32.3. The van der Waals surface area contributed by atoms with Crippen molar-refractivity contribution >= 4 is 29.5 Å². The van der Waals surface area contributed by atoms with Crippen LogP contribution in [0.4, 0.5) is 25.4 Å². The number of halogens is 1. The Bertz CT molecular complexity index is 1340. The third-order valence-corrected chi connectivity index (χ3v) is 7.76. The summed E-state index contributed by atoms with van der Waals surface area (Å²) in [4.78, 5) is 44.5. The fourth-order valence-corrected chi connectivity index (χ4v) is 5.41. The standard InChI is InChI=1S/C32H42FN5O7/c1-32(2,3)45-30(40)34-19-26-21-38(31(41)44-26)24-6-9-28(27(33)18-24)36-10-12-37(13-11-36)29(39)22-43-25-7-4-23(5-8-25)20-35-14-16-42-17-15-35/h4-9,18,26H,10-17,19-22H2,1-3H3,(H,34,40)/t26-/m0/s1. The lowest BCUT2D eigenvalue weighted by Gasteiger charge is -2.36. The average Bonchev–Trinajstić information content (AvgIpc) is 3.39. The quantitative estimate of drug-likeness (QED) is 0.448. The summed E-state index contributed by atoms with van der Waals surface area (Å²) in [6.07, 6.45) is -1.81. The number of hydrogen-bond donors (Lipinski definition) is 1. The van der Waals surface area contributed by atoms with E-state index >= 15 is 4.39 Å². The van der Waals surface area contributed by atoms with E-state index in [1.54, 1.807) is 37.8 Å². The van der Waals surface area contributed by atoms with Crippen LogP contribution in [0.25, 0.3) is 0 Å². The summed E-state index contributed by atoms with van der Waals surface area (Å²) in [7, 11) is 0. The number of hydrogen-bond acceptors (Lipinski definition) is 9. The highest BCUT2D eigenvalue weighted by molar-refractivity contribution is 5.90. The van der Waals surface area contributed by atoms with Crippen molar-refractivity contribution in [2.45, 2.75) is 39.0 Å². The number of carbonyl (C=O) groups is 3. The van der Waals surface area contributed by atoms with Crippen molar-refractivity contribution in [2.75, 3.05) is 82.0 Å². The minimum absolute atomic E-state index is 0.0634. The number of ether oxygens (including phenoxy) is 4. The molecule has 0 aromatic heterocycles. The van der Waals surface area contributed by atoms with Crippen LogP contribution in [0.5, 0.6) is 5.75 Å². The van der Waals surface area contributed by atoms with Gasteiger partial charge in [-0.05, 0) is 56.7 Å². The van der Waals surface area contributed by atoms with Crippen LogP contribution in [0.3, 0.4) is 0 Å². The second-order valence-electron chi connectivity index (χ2n) is 12.3. The fourth-order valence-electron chi connectivity index (χ4n) is 5.41. The van der Waals surface area contributed by atoms with Crippen LogP contribution in [-0.2, 0) is 25.5 Å². The Morgan fingerprint density at radius 1 is 1.00 bits per heavy atom. The van der Waals surface area contributed by atoms with Crippen LogP contribution in [0.2, 0.25) is 0 Å². The Kier molecular flexibility index (Phi) is 10.3. The first-order valence-electron chi connectivity index (χ1n) is 15.3. The van der Waals surface area contributed by atoms with Gasteiger partial charge in [-0.1, -0.05) is 12.1 Å². The SMILES string of the molecule is CC(C)(C)OC(=O)NC[C@H]1CN(c2ccc(N3CCN(C(=O)COc4ccc(CN5CCOCC5)cc4)CC3)c(F)c2)C(=O)O1. The lowest BCUT2D eigenvalue weighted by atomic mass is 10.2. The van der Waals surface area contributed by atoms with Crippen LogP contribution >= 0.6 is 0 Å². The summed E-state index contributed by atoms with van der Waals surface area (Å²) in [6.45, 7) is 11.5. The molecule has 3 aliphatic heterocycles. The number of morpholine rings is 1.